The van der Waals surface area contributed by atoms with Gasteiger partial charge < -0.3 is 10.1 Å². The van der Waals surface area contributed by atoms with Crippen LogP contribution in [-0.4, -0.2) is 37.8 Å². The zero-order chi connectivity index (χ0) is 20.3. The number of benzene rings is 1. The molecule has 1 aromatic heterocycles. The summed E-state index contributed by atoms with van der Waals surface area (Å²) in [6, 6.07) is 12.3. The smallest absolute Gasteiger partial charge is 0.233 e. The lowest BCUT2D eigenvalue weighted by Gasteiger charge is -2.26. The summed E-state index contributed by atoms with van der Waals surface area (Å²) in [4.78, 5) is 17.6. The van der Waals surface area contributed by atoms with Gasteiger partial charge in [0.25, 0.3) is 0 Å². The molecule has 0 bridgehead atoms. The van der Waals surface area contributed by atoms with Gasteiger partial charge in [-0.3, -0.25) is 4.79 Å². The van der Waals surface area contributed by atoms with E-state index in [0.29, 0.717) is 23.1 Å². The van der Waals surface area contributed by atoms with E-state index in [1.54, 1.807) is 42.6 Å². The zero-order valence-electron chi connectivity index (χ0n) is 16.3. The van der Waals surface area contributed by atoms with Gasteiger partial charge in [-0.2, -0.15) is 0 Å². The predicted molar refractivity (Wildman–Crippen MR) is 110 cm³/mol. The Balaban J connectivity index is 1.56. The second-order valence-electron chi connectivity index (χ2n) is 7.86. The number of rotatable bonds is 7. The van der Waals surface area contributed by atoms with E-state index < -0.39 is 9.84 Å². The number of sulfone groups is 1. The molecule has 29 heavy (non-hydrogen) atoms. The van der Waals surface area contributed by atoms with Gasteiger partial charge in [-0.15, -0.1) is 0 Å². The molecule has 2 aromatic rings. The van der Waals surface area contributed by atoms with Gasteiger partial charge in [-0.1, -0.05) is 18.2 Å². The molecule has 0 unspecified atom stereocenters. The maximum absolute atomic E-state index is 13.1. The summed E-state index contributed by atoms with van der Waals surface area (Å²) in [5.74, 6) is 0.436. The van der Waals surface area contributed by atoms with Crippen molar-refractivity contribution in [3.05, 3.63) is 54.2 Å². The summed E-state index contributed by atoms with van der Waals surface area (Å²) in [6.07, 6.45) is 5.69. The Labute approximate surface area is 171 Å². The number of hydrogen-bond donors (Lipinski definition) is 1. The Morgan fingerprint density at radius 1 is 1.07 bits per heavy atom. The lowest BCUT2D eigenvalue weighted by atomic mass is 9.84. The standard InChI is InChI=1S/C22H26N2O4S/c25-22(24-21-3-1-2-12-23-21)20(15-16-10-13-28-14-11-16)17-4-6-18(7-5-17)29(26,27)19-8-9-19/h1-7,12,16,19-20H,8-11,13-15H2,(H,23,24,25)/t20-/m1/s1. The summed E-state index contributed by atoms with van der Waals surface area (Å²) in [6.45, 7) is 1.44. The third-order valence-corrected chi connectivity index (χ3v) is 8.00. The molecule has 1 saturated carbocycles. The molecule has 1 amide bonds. The van der Waals surface area contributed by atoms with Crippen molar-refractivity contribution in [2.45, 2.75) is 48.2 Å². The highest BCUT2D eigenvalue weighted by Crippen LogP contribution is 2.35. The molecule has 0 radical (unpaired) electrons. The van der Waals surface area contributed by atoms with Gasteiger partial charge in [0.2, 0.25) is 5.91 Å². The van der Waals surface area contributed by atoms with E-state index in [1.807, 2.05) is 6.07 Å². The quantitative estimate of drug-likeness (QED) is 0.749. The van der Waals surface area contributed by atoms with Crippen LogP contribution in [0.3, 0.4) is 0 Å². The van der Waals surface area contributed by atoms with Crippen LogP contribution in [0.2, 0.25) is 0 Å². The van der Waals surface area contributed by atoms with Crippen molar-refractivity contribution in [1.29, 1.82) is 0 Å². The molecule has 6 nitrogen and oxygen atoms in total. The van der Waals surface area contributed by atoms with E-state index in [0.717, 1.165) is 44.5 Å². The first-order valence-electron chi connectivity index (χ1n) is 10.2. The van der Waals surface area contributed by atoms with Gasteiger partial charge >= 0.3 is 0 Å². The summed E-state index contributed by atoms with van der Waals surface area (Å²) >= 11 is 0. The van der Waals surface area contributed by atoms with Gasteiger partial charge in [-0.05, 0) is 67.9 Å². The highest BCUT2D eigenvalue weighted by atomic mass is 32.2. The average molecular weight is 415 g/mol. The molecule has 154 valence electrons. The van der Waals surface area contributed by atoms with Crippen molar-refractivity contribution in [2.24, 2.45) is 5.92 Å². The fourth-order valence-electron chi connectivity index (χ4n) is 3.82. The van der Waals surface area contributed by atoms with Crippen LogP contribution >= 0.6 is 0 Å². The molecule has 0 spiro atoms. The van der Waals surface area contributed by atoms with E-state index in [9.17, 15) is 13.2 Å². The zero-order valence-corrected chi connectivity index (χ0v) is 17.1. The molecule has 1 aliphatic heterocycles. The lowest BCUT2D eigenvalue weighted by Crippen LogP contribution is -2.26. The van der Waals surface area contributed by atoms with Crippen molar-refractivity contribution in [3.63, 3.8) is 0 Å². The van der Waals surface area contributed by atoms with Gasteiger partial charge in [0.05, 0.1) is 16.1 Å². The van der Waals surface area contributed by atoms with Gasteiger partial charge in [0.15, 0.2) is 9.84 Å². The van der Waals surface area contributed by atoms with Crippen molar-refractivity contribution in [3.8, 4) is 0 Å². The minimum atomic E-state index is -3.23. The van der Waals surface area contributed by atoms with E-state index in [1.165, 1.54) is 0 Å². The van der Waals surface area contributed by atoms with Crippen LogP contribution in [0.4, 0.5) is 5.82 Å². The number of ether oxygens (including phenoxy) is 1. The SMILES string of the molecule is O=C(Nc1ccccn1)[C@H](CC1CCOCC1)c1ccc(S(=O)(=O)C2CC2)cc1. The summed E-state index contributed by atoms with van der Waals surface area (Å²) < 4.78 is 30.4. The van der Waals surface area contributed by atoms with Crippen molar-refractivity contribution in [1.82, 2.24) is 4.98 Å². The minimum absolute atomic E-state index is 0.118. The Morgan fingerprint density at radius 2 is 1.79 bits per heavy atom. The number of pyridine rings is 1. The third kappa shape index (κ3) is 4.85. The molecule has 1 saturated heterocycles. The second kappa shape index (κ2) is 8.63. The monoisotopic (exact) mass is 414 g/mol. The van der Waals surface area contributed by atoms with E-state index in [-0.39, 0.29) is 17.1 Å². The van der Waals surface area contributed by atoms with E-state index in [4.69, 9.17) is 4.74 Å². The minimum Gasteiger partial charge on any atom is -0.381 e. The van der Waals surface area contributed by atoms with Crippen LogP contribution in [0.1, 0.15) is 43.6 Å². The summed E-state index contributed by atoms with van der Waals surface area (Å²) in [5, 5.41) is 2.67. The molecule has 2 aliphatic rings. The molecule has 1 aliphatic carbocycles. The molecule has 7 heteroatoms. The third-order valence-electron chi connectivity index (χ3n) is 5.72. The van der Waals surface area contributed by atoms with Crippen LogP contribution in [-0.2, 0) is 19.4 Å². The van der Waals surface area contributed by atoms with E-state index >= 15 is 0 Å². The van der Waals surface area contributed by atoms with Gasteiger partial charge in [0, 0.05) is 19.4 Å². The number of carbonyl (C=O) groups excluding carboxylic acids is 1. The van der Waals surface area contributed by atoms with Gasteiger partial charge in [0.1, 0.15) is 5.82 Å². The number of nitrogens with one attached hydrogen (secondary N) is 1. The highest BCUT2D eigenvalue weighted by molar-refractivity contribution is 7.92. The second-order valence-corrected chi connectivity index (χ2v) is 10.1. The van der Waals surface area contributed by atoms with Crippen LogP contribution in [0.5, 0.6) is 0 Å². The number of amides is 1. The maximum atomic E-state index is 13.1. The maximum Gasteiger partial charge on any atom is 0.233 e. The van der Waals surface area contributed by atoms with Gasteiger partial charge in [-0.25, -0.2) is 13.4 Å². The fourth-order valence-corrected chi connectivity index (χ4v) is 5.48. The van der Waals surface area contributed by atoms with Crippen molar-refractivity contribution < 1.29 is 17.9 Å². The summed E-state index contributed by atoms with van der Waals surface area (Å²) in [5.41, 5.74) is 0.833. The molecule has 1 N–H and O–H groups in total. The molecular formula is C22H26N2O4S. The van der Waals surface area contributed by atoms with Crippen molar-refractivity contribution in [2.75, 3.05) is 18.5 Å². The highest BCUT2D eigenvalue weighted by Gasteiger charge is 2.37. The van der Waals surface area contributed by atoms with Crippen molar-refractivity contribution >= 4 is 21.6 Å². The topological polar surface area (TPSA) is 85.4 Å². The molecule has 2 fully saturated rings. The first kappa shape index (κ1) is 20.0. The Bertz CT molecular complexity index is 935. The predicted octanol–water partition coefficient (Wildman–Crippen LogP) is 3.56. The number of hydrogen-bond acceptors (Lipinski definition) is 5. The van der Waals surface area contributed by atoms with Crippen LogP contribution in [0.15, 0.2) is 53.6 Å². The summed E-state index contributed by atoms with van der Waals surface area (Å²) in [7, 11) is -3.23. The molecule has 4 rings (SSSR count). The first-order valence-corrected chi connectivity index (χ1v) is 11.7. The number of nitrogens with zero attached hydrogens (tertiary/aromatic N) is 1. The normalized spacial score (nSPS) is 18.9. The Hall–Kier alpha value is -2.25. The van der Waals surface area contributed by atoms with Crippen LogP contribution in [0, 0.1) is 5.92 Å². The number of anilines is 1. The van der Waals surface area contributed by atoms with E-state index in [2.05, 4.69) is 10.3 Å². The lowest BCUT2D eigenvalue weighted by molar-refractivity contribution is -0.118. The first-order chi connectivity index (χ1) is 14.0. The Kier molecular flexibility index (Phi) is 5.96. The van der Waals surface area contributed by atoms with Crippen LogP contribution in [0.25, 0.3) is 0 Å². The number of aromatic nitrogens is 1. The molecular weight excluding hydrogens is 388 g/mol. The average Bonchev–Trinajstić information content (AvgIpc) is 3.60. The molecule has 1 atom stereocenters. The molecule has 2 heterocycles. The number of carbonyl (C=O) groups is 1. The fraction of sp³-hybridized carbons (Fsp3) is 0.455. The largest absolute Gasteiger partial charge is 0.381 e. The van der Waals surface area contributed by atoms with Crippen LogP contribution < -0.4 is 5.32 Å². The Morgan fingerprint density at radius 3 is 2.41 bits per heavy atom. The molecule has 1 aromatic carbocycles.